The number of nitrogens with two attached hydrogens (primary N) is 1. The summed E-state index contributed by atoms with van der Waals surface area (Å²) in [5, 5.41) is 13.2. The van der Waals surface area contributed by atoms with Gasteiger partial charge in [0, 0.05) is 24.5 Å². The molecule has 0 radical (unpaired) electrons. The van der Waals surface area contributed by atoms with Crippen LogP contribution >= 0.6 is 11.3 Å². The number of imidazole rings is 1. The average molecular weight is 295 g/mol. The molecule has 0 spiro atoms. The van der Waals surface area contributed by atoms with E-state index >= 15 is 0 Å². The fraction of sp³-hybridized carbons (Fsp3) is 0.583. The van der Waals surface area contributed by atoms with Gasteiger partial charge in [0.2, 0.25) is 5.82 Å². The Morgan fingerprint density at radius 2 is 2.45 bits per heavy atom. The van der Waals surface area contributed by atoms with Gasteiger partial charge in [-0.3, -0.25) is 0 Å². The van der Waals surface area contributed by atoms with E-state index in [1.54, 1.807) is 16.0 Å². The fourth-order valence-corrected chi connectivity index (χ4v) is 3.52. The number of aromatic nitrogens is 2. The van der Waals surface area contributed by atoms with Crippen LogP contribution in [-0.4, -0.2) is 33.4 Å². The predicted molar refractivity (Wildman–Crippen MR) is 78.3 cm³/mol. The monoisotopic (exact) mass is 295 g/mol. The summed E-state index contributed by atoms with van der Waals surface area (Å²) in [5.74, 6) is 0.905. The summed E-state index contributed by atoms with van der Waals surface area (Å²) < 4.78 is 1.55. The van der Waals surface area contributed by atoms with E-state index < -0.39 is 0 Å². The Bertz CT molecular complexity index is 637. The third kappa shape index (κ3) is 2.04. The molecule has 20 heavy (non-hydrogen) atoms. The van der Waals surface area contributed by atoms with Crippen LogP contribution in [0.1, 0.15) is 19.8 Å². The number of rotatable bonds is 3. The maximum absolute atomic E-state index is 11.4. The minimum atomic E-state index is -0.350. The highest BCUT2D eigenvalue weighted by atomic mass is 32.1. The van der Waals surface area contributed by atoms with Crippen LogP contribution in [0, 0.1) is 16.0 Å². The van der Waals surface area contributed by atoms with Crippen molar-refractivity contribution in [3.8, 4) is 0 Å². The van der Waals surface area contributed by atoms with E-state index in [4.69, 9.17) is 5.73 Å². The predicted octanol–water partition coefficient (Wildman–Crippen LogP) is 1.87. The summed E-state index contributed by atoms with van der Waals surface area (Å²) >= 11 is 1.41. The molecule has 2 aromatic heterocycles. The van der Waals surface area contributed by atoms with E-state index in [9.17, 15) is 10.1 Å². The minimum absolute atomic E-state index is 0.0616. The smallest absolute Gasteiger partial charge is 0.358 e. The summed E-state index contributed by atoms with van der Waals surface area (Å²) in [6.45, 7) is 3.57. The van der Waals surface area contributed by atoms with Crippen molar-refractivity contribution in [2.45, 2.75) is 25.8 Å². The molecule has 1 fully saturated rings. The van der Waals surface area contributed by atoms with Gasteiger partial charge in [0.1, 0.15) is 6.20 Å². The molecule has 2 atom stereocenters. The van der Waals surface area contributed by atoms with Gasteiger partial charge in [-0.05, 0) is 17.3 Å². The molecule has 0 aliphatic carbocycles. The second-order valence-corrected chi connectivity index (χ2v) is 6.01. The zero-order valence-electron chi connectivity index (χ0n) is 11.2. The molecule has 1 aliphatic heterocycles. The summed E-state index contributed by atoms with van der Waals surface area (Å²) in [6.07, 6.45) is 3.52. The molecule has 1 saturated heterocycles. The van der Waals surface area contributed by atoms with Crippen LogP contribution in [0.4, 0.5) is 11.6 Å². The van der Waals surface area contributed by atoms with E-state index in [0.29, 0.717) is 16.7 Å². The molecular weight excluding hydrogens is 278 g/mol. The Balaban J connectivity index is 1.99. The molecule has 3 rings (SSSR count). The van der Waals surface area contributed by atoms with Gasteiger partial charge in [-0.2, -0.15) is 9.38 Å². The van der Waals surface area contributed by atoms with Crippen LogP contribution < -0.4 is 10.6 Å². The van der Waals surface area contributed by atoms with E-state index in [1.807, 2.05) is 4.90 Å². The number of piperidine rings is 1. The van der Waals surface area contributed by atoms with Gasteiger partial charge in [-0.1, -0.05) is 24.7 Å². The molecule has 2 aromatic rings. The molecule has 3 heterocycles. The summed E-state index contributed by atoms with van der Waals surface area (Å²) in [4.78, 5) is 18.1. The van der Waals surface area contributed by atoms with Crippen molar-refractivity contribution < 1.29 is 4.92 Å². The number of nitro groups is 1. The lowest BCUT2D eigenvalue weighted by Crippen LogP contribution is -2.47. The third-order valence-electron chi connectivity index (χ3n) is 4.01. The summed E-state index contributed by atoms with van der Waals surface area (Å²) in [6, 6.07) is 0.180. The van der Waals surface area contributed by atoms with Gasteiger partial charge in [-0.15, -0.1) is 0 Å². The van der Waals surface area contributed by atoms with E-state index in [2.05, 4.69) is 11.9 Å². The van der Waals surface area contributed by atoms with Crippen molar-refractivity contribution in [2.24, 2.45) is 11.7 Å². The van der Waals surface area contributed by atoms with Crippen LogP contribution in [0.15, 0.2) is 11.6 Å². The van der Waals surface area contributed by atoms with Crippen molar-refractivity contribution in [3.63, 3.8) is 0 Å². The van der Waals surface area contributed by atoms with Gasteiger partial charge in [-0.25, -0.2) is 0 Å². The van der Waals surface area contributed by atoms with Crippen molar-refractivity contribution in [2.75, 3.05) is 18.0 Å². The van der Waals surface area contributed by atoms with Crippen LogP contribution in [0.3, 0.4) is 0 Å². The molecule has 7 nitrogen and oxygen atoms in total. The largest absolute Gasteiger partial charge is 0.373 e. The fourth-order valence-electron chi connectivity index (χ4n) is 2.82. The number of nitrogens with zero attached hydrogens (tertiary/aromatic N) is 4. The highest BCUT2D eigenvalue weighted by molar-refractivity contribution is 7.15. The van der Waals surface area contributed by atoms with Crippen molar-refractivity contribution in [3.05, 3.63) is 21.7 Å². The van der Waals surface area contributed by atoms with Gasteiger partial charge in [0.25, 0.3) is 4.96 Å². The first-order valence-corrected chi connectivity index (χ1v) is 7.60. The average Bonchev–Trinajstić information content (AvgIpc) is 2.98. The Morgan fingerprint density at radius 1 is 1.65 bits per heavy atom. The molecule has 0 bridgehead atoms. The lowest BCUT2D eigenvalue weighted by Gasteiger charge is -2.36. The van der Waals surface area contributed by atoms with E-state index in [1.165, 1.54) is 11.3 Å². The highest BCUT2D eigenvalue weighted by Crippen LogP contribution is 2.33. The van der Waals surface area contributed by atoms with Gasteiger partial charge in [0.15, 0.2) is 0 Å². The number of fused-ring (bicyclic) bond motifs is 1. The first-order valence-electron chi connectivity index (χ1n) is 6.72. The standard InChI is InChI=1S/C12H17N5O2S/c1-2-8-7-15(4-3-9(8)13)10-11(17(18)19)16-5-6-20-12(16)14-10/h5-6,8-9H,2-4,7,13H2,1H3. The molecule has 0 aromatic carbocycles. The molecule has 0 saturated carbocycles. The van der Waals surface area contributed by atoms with Crippen LogP contribution in [0.5, 0.6) is 0 Å². The molecule has 1 aliphatic rings. The summed E-state index contributed by atoms with van der Waals surface area (Å²) in [5.41, 5.74) is 6.10. The van der Waals surface area contributed by atoms with Crippen molar-refractivity contribution in [1.29, 1.82) is 0 Å². The van der Waals surface area contributed by atoms with Crippen LogP contribution in [-0.2, 0) is 0 Å². The quantitative estimate of drug-likeness (QED) is 0.689. The Morgan fingerprint density at radius 3 is 3.15 bits per heavy atom. The van der Waals surface area contributed by atoms with Crippen LogP contribution in [0.25, 0.3) is 4.96 Å². The SMILES string of the molecule is CCC1CN(c2nc3sccn3c2[N+](=O)[O-])CCC1N. The maximum atomic E-state index is 11.4. The zero-order chi connectivity index (χ0) is 14.3. The van der Waals surface area contributed by atoms with Crippen molar-refractivity contribution >= 4 is 27.9 Å². The lowest BCUT2D eigenvalue weighted by atomic mass is 9.91. The molecule has 2 unspecified atom stereocenters. The second kappa shape index (κ2) is 5.02. The summed E-state index contributed by atoms with van der Waals surface area (Å²) in [7, 11) is 0. The number of anilines is 1. The Hall–Kier alpha value is -1.67. The second-order valence-electron chi connectivity index (χ2n) is 5.14. The maximum Gasteiger partial charge on any atom is 0.373 e. The van der Waals surface area contributed by atoms with Gasteiger partial charge < -0.3 is 20.7 Å². The lowest BCUT2D eigenvalue weighted by molar-refractivity contribution is -0.389. The minimum Gasteiger partial charge on any atom is -0.358 e. The van der Waals surface area contributed by atoms with Crippen molar-refractivity contribution in [1.82, 2.24) is 9.38 Å². The van der Waals surface area contributed by atoms with E-state index in [-0.39, 0.29) is 16.8 Å². The number of thiazole rings is 1. The molecule has 0 amide bonds. The zero-order valence-corrected chi connectivity index (χ0v) is 12.0. The third-order valence-corrected chi connectivity index (χ3v) is 4.77. The van der Waals surface area contributed by atoms with E-state index in [0.717, 1.165) is 25.9 Å². The highest BCUT2D eigenvalue weighted by Gasteiger charge is 2.33. The molecule has 108 valence electrons. The first-order chi connectivity index (χ1) is 9.61. The molecule has 8 heteroatoms. The Kier molecular flexibility index (Phi) is 3.35. The van der Waals surface area contributed by atoms with Crippen LogP contribution in [0.2, 0.25) is 0 Å². The molecular formula is C12H17N5O2S. The van der Waals surface area contributed by atoms with Gasteiger partial charge >= 0.3 is 5.82 Å². The normalized spacial score (nSPS) is 23.4. The van der Waals surface area contributed by atoms with Gasteiger partial charge in [0.05, 0.1) is 0 Å². The number of hydrogen-bond donors (Lipinski definition) is 1. The topological polar surface area (TPSA) is 89.7 Å². The Labute approximate surface area is 120 Å². The first kappa shape index (κ1) is 13.3. The number of hydrogen-bond acceptors (Lipinski definition) is 6. The molecule has 2 N–H and O–H groups in total.